The number of anilines is 1. The molecule has 0 saturated carbocycles. The number of phenols is 1. The number of benzene rings is 2. The van der Waals surface area contributed by atoms with Crippen LogP contribution in [0.3, 0.4) is 0 Å². The SMILES string of the molecule is C=CC(=C)C.O=C(O)c1cc(N=Nc2ccc(S(=O)(=O)Nc3ccccn3)cc2)ccc1O. The number of carboxylic acids is 1. The number of carbonyl (C=O) groups is 1. The Labute approximate surface area is 191 Å². The van der Waals surface area contributed by atoms with Gasteiger partial charge in [-0.05, 0) is 61.5 Å². The van der Waals surface area contributed by atoms with Crippen molar-refractivity contribution in [2.45, 2.75) is 11.8 Å². The van der Waals surface area contributed by atoms with Crippen molar-refractivity contribution in [3.8, 4) is 5.75 Å². The monoisotopic (exact) mass is 466 g/mol. The maximum atomic E-state index is 12.3. The molecule has 0 fully saturated rings. The Balaban J connectivity index is 0.000000696. The molecule has 10 heteroatoms. The normalized spacial score (nSPS) is 10.7. The molecule has 170 valence electrons. The first-order valence-corrected chi connectivity index (χ1v) is 10.9. The second-order valence-electron chi connectivity index (χ2n) is 6.57. The van der Waals surface area contributed by atoms with E-state index in [0.29, 0.717) is 5.69 Å². The van der Waals surface area contributed by atoms with Crippen LogP contribution in [0.4, 0.5) is 17.2 Å². The van der Waals surface area contributed by atoms with E-state index < -0.39 is 16.0 Å². The molecule has 2 aromatic carbocycles. The molecule has 3 rings (SSSR count). The summed E-state index contributed by atoms with van der Waals surface area (Å²) >= 11 is 0. The summed E-state index contributed by atoms with van der Waals surface area (Å²) in [6.07, 6.45) is 3.19. The Morgan fingerprint density at radius 2 is 1.67 bits per heavy atom. The highest BCUT2D eigenvalue weighted by Gasteiger charge is 2.14. The number of hydrogen-bond donors (Lipinski definition) is 3. The second kappa shape index (κ2) is 11.3. The van der Waals surface area contributed by atoms with Crippen LogP contribution < -0.4 is 4.72 Å². The minimum absolute atomic E-state index is 0.0231. The third kappa shape index (κ3) is 7.71. The van der Waals surface area contributed by atoms with E-state index in [2.05, 4.69) is 33.1 Å². The van der Waals surface area contributed by atoms with Crippen LogP contribution in [0.15, 0.2) is 107 Å². The van der Waals surface area contributed by atoms with Crippen molar-refractivity contribution in [2.75, 3.05) is 4.72 Å². The molecular weight excluding hydrogens is 444 g/mol. The molecule has 9 nitrogen and oxygen atoms in total. The summed E-state index contributed by atoms with van der Waals surface area (Å²) < 4.78 is 27.0. The fourth-order valence-electron chi connectivity index (χ4n) is 2.18. The molecule has 0 bridgehead atoms. The van der Waals surface area contributed by atoms with E-state index in [1.54, 1.807) is 18.2 Å². The molecule has 0 aliphatic carbocycles. The Hall–Kier alpha value is -4.31. The van der Waals surface area contributed by atoms with Crippen LogP contribution in [0.2, 0.25) is 0 Å². The van der Waals surface area contributed by atoms with Crippen LogP contribution in [0.5, 0.6) is 5.75 Å². The van der Waals surface area contributed by atoms with E-state index in [0.717, 1.165) is 5.57 Å². The van der Waals surface area contributed by atoms with Gasteiger partial charge in [0.25, 0.3) is 10.0 Å². The van der Waals surface area contributed by atoms with Gasteiger partial charge in [0.2, 0.25) is 0 Å². The van der Waals surface area contributed by atoms with Crippen molar-refractivity contribution in [1.82, 2.24) is 4.98 Å². The van der Waals surface area contributed by atoms with Gasteiger partial charge >= 0.3 is 5.97 Å². The number of sulfonamides is 1. The van der Waals surface area contributed by atoms with Crippen molar-refractivity contribution in [3.63, 3.8) is 0 Å². The average Bonchev–Trinajstić information content (AvgIpc) is 2.79. The lowest BCUT2D eigenvalue weighted by molar-refractivity contribution is 0.0693. The highest BCUT2D eigenvalue weighted by atomic mass is 32.2. The first kappa shape index (κ1) is 25.0. The van der Waals surface area contributed by atoms with Crippen molar-refractivity contribution < 1.29 is 23.4 Å². The summed E-state index contributed by atoms with van der Waals surface area (Å²) in [5.74, 6) is -1.46. The van der Waals surface area contributed by atoms with E-state index in [4.69, 9.17) is 5.11 Å². The fraction of sp³-hybridized carbons (Fsp3) is 0.0435. The van der Waals surface area contributed by atoms with Gasteiger partial charge in [0.05, 0.1) is 16.3 Å². The third-order valence-corrected chi connectivity index (χ3v) is 5.26. The predicted molar refractivity (Wildman–Crippen MR) is 126 cm³/mol. The van der Waals surface area contributed by atoms with Crippen molar-refractivity contribution >= 4 is 33.2 Å². The molecule has 0 radical (unpaired) electrons. The van der Waals surface area contributed by atoms with Gasteiger partial charge in [-0.2, -0.15) is 10.2 Å². The number of carboxylic acid groups (broad SMARTS) is 1. The lowest BCUT2D eigenvalue weighted by Crippen LogP contribution is -2.13. The number of rotatable bonds is 7. The Morgan fingerprint density at radius 1 is 1.06 bits per heavy atom. The van der Waals surface area contributed by atoms with Crippen molar-refractivity contribution in [3.05, 3.63) is 97.2 Å². The summed E-state index contributed by atoms with van der Waals surface area (Å²) in [6, 6.07) is 14.3. The van der Waals surface area contributed by atoms with E-state index in [9.17, 15) is 18.3 Å². The third-order valence-electron chi connectivity index (χ3n) is 3.89. The maximum Gasteiger partial charge on any atom is 0.339 e. The smallest absolute Gasteiger partial charge is 0.339 e. The minimum Gasteiger partial charge on any atom is -0.507 e. The van der Waals surface area contributed by atoms with Gasteiger partial charge in [-0.25, -0.2) is 18.2 Å². The first-order chi connectivity index (χ1) is 15.6. The van der Waals surface area contributed by atoms with Gasteiger partial charge in [-0.1, -0.05) is 30.9 Å². The van der Waals surface area contributed by atoms with Gasteiger partial charge in [0, 0.05) is 6.20 Å². The molecule has 0 unspecified atom stereocenters. The van der Waals surface area contributed by atoms with Gasteiger partial charge in [0.15, 0.2) is 0 Å². The minimum atomic E-state index is -3.79. The summed E-state index contributed by atoms with van der Waals surface area (Å²) in [5, 5.41) is 26.3. The lowest BCUT2D eigenvalue weighted by atomic mass is 10.2. The van der Waals surface area contributed by atoms with Crippen LogP contribution >= 0.6 is 0 Å². The Morgan fingerprint density at radius 3 is 2.21 bits per heavy atom. The highest BCUT2D eigenvalue weighted by molar-refractivity contribution is 7.92. The standard InChI is InChI=1S/C18H14N4O5S.C5H8/c23-16-9-6-13(11-15(16)18(24)25)21-20-12-4-7-14(8-5-12)28(26,27)22-17-3-1-2-10-19-17;1-4-5(2)3/h1-11,23H,(H,19,22)(H,24,25);4H,1-2H2,3H3. The number of pyridine rings is 1. The number of azo groups is 1. The Bertz CT molecular complexity index is 1270. The number of hydrogen-bond acceptors (Lipinski definition) is 7. The quantitative estimate of drug-likeness (QED) is 0.312. The number of allylic oxidation sites excluding steroid dienone is 2. The van der Waals surface area contributed by atoms with Gasteiger partial charge in [-0.3, -0.25) is 4.72 Å². The molecule has 1 aromatic heterocycles. The lowest BCUT2D eigenvalue weighted by Gasteiger charge is -2.07. The van der Waals surface area contributed by atoms with E-state index >= 15 is 0 Å². The number of aromatic nitrogens is 1. The summed E-state index contributed by atoms with van der Waals surface area (Å²) in [6.45, 7) is 8.93. The molecule has 3 aromatic rings. The summed E-state index contributed by atoms with van der Waals surface area (Å²) in [4.78, 5) is 14.9. The molecule has 33 heavy (non-hydrogen) atoms. The highest BCUT2D eigenvalue weighted by Crippen LogP contribution is 2.26. The van der Waals surface area contributed by atoms with Gasteiger partial charge in [-0.15, -0.1) is 0 Å². The molecule has 3 N–H and O–H groups in total. The molecule has 1 heterocycles. The van der Waals surface area contributed by atoms with Crippen LogP contribution in [-0.4, -0.2) is 29.6 Å². The average molecular weight is 467 g/mol. The van der Waals surface area contributed by atoms with E-state index in [1.807, 2.05) is 6.92 Å². The van der Waals surface area contributed by atoms with Crippen molar-refractivity contribution in [2.24, 2.45) is 10.2 Å². The zero-order valence-corrected chi connectivity index (χ0v) is 18.5. The molecule has 0 amide bonds. The largest absolute Gasteiger partial charge is 0.507 e. The molecule has 0 spiro atoms. The summed E-state index contributed by atoms with van der Waals surface area (Å²) in [5.41, 5.74) is 1.31. The predicted octanol–water partition coefficient (Wildman–Crippen LogP) is 5.45. The maximum absolute atomic E-state index is 12.3. The first-order valence-electron chi connectivity index (χ1n) is 9.42. The summed E-state index contributed by atoms with van der Waals surface area (Å²) in [7, 11) is -3.79. The topological polar surface area (TPSA) is 141 Å². The van der Waals surface area contributed by atoms with Crippen LogP contribution in [0.1, 0.15) is 17.3 Å². The van der Waals surface area contributed by atoms with E-state index in [-0.39, 0.29) is 27.7 Å². The zero-order chi connectivity index (χ0) is 24.4. The van der Waals surface area contributed by atoms with Gasteiger partial charge < -0.3 is 10.2 Å². The number of nitrogens with zero attached hydrogens (tertiary/aromatic N) is 3. The fourth-order valence-corrected chi connectivity index (χ4v) is 3.19. The Kier molecular flexibility index (Phi) is 8.58. The van der Waals surface area contributed by atoms with Crippen molar-refractivity contribution in [1.29, 1.82) is 0 Å². The molecular formula is C23H22N4O5S. The molecule has 0 aliphatic heterocycles. The number of aromatic hydroxyl groups is 1. The molecule has 0 saturated heterocycles. The second-order valence-corrected chi connectivity index (χ2v) is 8.25. The van der Waals surface area contributed by atoms with Crippen LogP contribution in [-0.2, 0) is 10.0 Å². The number of nitrogens with one attached hydrogen (secondary N) is 1. The van der Waals surface area contributed by atoms with Crippen LogP contribution in [0, 0.1) is 0 Å². The number of aromatic carboxylic acids is 1. The van der Waals surface area contributed by atoms with Crippen LogP contribution in [0.25, 0.3) is 0 Å². The molecule has 0 aliphatic rings. The molecule has 0 atom stereocenters. The van der Waals surface area contributed by atoms with Gasteiger partial charge in [0.1, 0.15) is 17.1 Å². The van der Waals surface area contributed by atoms with E-state index in [1.165, 1.54) is 54.7 Å². The zero-order valence-electron chi connectivity index (χ0n) is 17.7.